The summed E-state index contributed by atoms with van der Waals surface area (Å²) in [6.45, 7) is 5.91. The quantitative estimate of drug-likeness (QED) is 0.833. The van der Waals surface area contributed by atoms with E-state index in [1.807, 2.05) is 25.1 Å². The van der Waals surface area contributed by atoms with Crippen LogP contribution in [-0.2, 0) is 4.74 Å². The van der Waals surface area contributed by atoms with E-state index in [4.69, 9.17) is 9.47 Å². The van der Waals surface area contributed by atoms with Gasteiger partial charge in [-0.1, -0.05) is 6.07 Å². The highest BCUT2D eigenvalue weighted by Crippen LogP contribution is 2.28. The third kappa shape index (κ3) is 4.96. The molecule has 1 aromatic heterocycles. The Bertz CT molecular complexity index is 879. The number of hydrogen-bond donors (Lipinski definition) is 1. The zero-order chi connectivity index (χ0) is 20.8. The van der Waals surface area contributed by atoms with E-state index < -0.39 is 0 Å². The minimum absolute atomic E-state index is 0.159. The Balaban J connectivity index is 1.68. The predicted octanol–water partition coefficient (Wildman–Crippen LogP) is 3.06. The summed E-state index contributed by atoms with van der Waals surface area (Å²) in [5.74, 6) is 0.559. The zero-order valence-corrected chi connectivity index (χ0v) is 17.0. The number of piperazine rings is 1. The van der Waals surface area contributed by atoms with Gasteiger partial charge in [0.05, 0.1) is 19.4 Å². The van der Waals surface area contributed by atoms with Gasteiger partial charge in [-0.05, 0) is 43.7 Å². The molecule has 2 amide bonds. The lowest BCUT2D eigenvalue weighted by atomic mass is 10.2. The van der Waals surface area contributed by atoms with Crippen LogP contribution in [-0.4, -0.2) is 66.7 Å². The minimum Gasteiger partial charge on any atom is -0.495 e. The SMILES string of the molecule is CCOC(=O)N1CCN(C(=O)c2cc(Nc3cc(C)ccc3OC)ccn2)CC1. The molecule has 8 heteroatoms. The minimum atomic E-state index is -0.337. The van der Waals surface area contributed by atoms with Crippen LogP contribution in [0.1, 0.15) is 23.0 Å². The molecule has 3 rings (SSSR count). The number of rotatable bonds is 5. The number of benzene rings is 1. The summed E-state index contributed by atoms with van der Waals surface area (Å²) in [5.41, 5.74) is 3.02. The number of methoxy groups -OCH3 is 1. The van der Waals surface area contributed by atoms with E-state index in [1.165, 1.54) is 0 Å². The first-order valence-electron chi connectivity index (χ1n) is 9.60. The molecule has 1 aliphatic heterocycles. The molecule has 0 bridgehead atoms. The summed E-state index contributed by atoms with van der Waals surface area (Å²) < 4.78 is 10.4. The fourth-order valence-electron chi connectivity index (χ4n) is 3.17. The van der Waals surface area contributed by atoms with Crippen LogP contribution < -0.4 is 10.1 Å². The molecule has 0 saturated carbocycles. The second-order valence-corrected chi connectivity index (χ2v) is 6.74. The number of carbonyl (C=O) groups excluding carboxylic acids is 2. The van der Waals surface area contributed by atoms with Gasteiger partial charge in [-0.15, -0.1) is 0 Å². The maximum Gasteiger partial charge on any atom is 0.409 e. The molecular weight excluding hydrogens is 372 g/mol. The number of aromatic nitrogens is 1. The highest BCUT2D eigenvalue weighted by atomic mass is 16.6. The number of amides is 2. The lowest BCUT2D eigenvalue weighted by molar-refractivity contribution is 0.0566. The molecule has 2 aromatic rings. The van der Waals surface area contributed by atoms with Crippen molar-refractivity contribution in [3.8, 4) is 5.75 Å². The van der Waals surface area contributed by atoms with Crippen molar-refractivity contribution in [2.45, 2.75) is 13.8 Å². The van der Waals surface area contributed by atoms with Gasteiger partial charge >= 0.3 is 6.09 Å². The van der Waals surface area contributed by atoms with E-state index in [2.05, 4.69) is 10.3 Å². The third-order valence-corrected chi connectivity index (χ3v) is 4.71. The van der Waals surface area contributed by atoms with Gasteiger partial charge in [0.15, 0.2) is 0 Å². The molecule has 0 spiro atoms. The van der Waals surface area contributed by atoms with Crippen LogP contribution >= 0.6 is 0 Å². The van der Waals surface area contributed by atoms with Crippen molar-refractivity contribution in [1.29, 1.82) is 0 Å². The predicted molar refractivity (Wildman–Crippen MR) is 110 cm³/mol. The smallest absolute Gasteiger partial charge is 0.409 e. The first-order valence-corrected chi connectivity index (χ1v) is 9.60. The van der Waals surface area contributed by atoms with E-state index in [0.717, 1.165) is 22.7 Å². The molecule has 1 aromatic carbocycles. The average Bonchev–Trinajstić information content (AvgIpc) is 2.74. The highest BCUT2D eigenvalue weighted by molar-refractivity contribution is 5.93. The van der Waals surface area contributed by atoms with E-state index in [9.17, 15) is 9.59 Å². The highest BCUT2D eigenvalue weighted by Gasteiger charge is 2.26. The van der Waals surface area contributed by atoms with Crippen molar-refractivity contribution in [1.82, 2.24) is 14.8 Å². The monoisotopic (exact) mass is 398 g/mol. The molecule has 8 nitrogen and oxygen atoms in total. The Hall–Kier alpha value is -3.29. The fourth-order valence-corrected chi connectivity index (χ4v) is 3.17. The van der Waals surface area contributed by atoms with Crippen LogP contribution in [0.2, 0.25) is 0 Å². The lowest BCUT2D eigenvalue weighted by Crippen LogP contribution is -2.50. The van der Waals surface area contributed by atoms with Crippen molar-refractivity contribution >= 4 is 23.4 Å². The van der Waals surface area contributed by atoms with E-state index in [0.29, 0.717) is 38.5 Å². The topological polar surface area (TPSA) is 84.0 Å². The molecule has 2 heterocycles. The maximum absolute atomic E-state index is 12.9. The Morgan fingerprint density at radius 2 is 1.83 bits per heavy atom. The van der Waals surface area contributed by atoms with Crippen LogP contribution in [0.25, 0.3) is 0 Å². The molecular formula is C21H26N4O4. The molecule has 154 valence electrons. The number of carbonyl (C=O) groups is 2. The van der Waals surface area contributed by atoms with Gasteiger partial charge < -0.3 is 24.6 Å². The van der Waals surface area contributed by atoms with Gasteiger partial charge in [-0.3, -0.25) is 9.78 Å². The van der Waals surface area contributed by atoms with Gasteiger partial charge in [0.2, 0.25) is 0 Å². The van der Waals surface area contributed by atoms with Crippen LogP contribution in [0, 0.1) is 6.92 Å². The van der Waals surface area contributed by atoms with Crippen molar-refractivity contribution in [3.63, 3.8) is 0 Å². The Morgan fingerprint density at radius 3 is 2.52 bits per heavy atom. The van der Waals surface area contributed by atoms with Crippen molar-refractivity contribution in [2.24, 2.45) is 0 Å². The largest absolute Gasteiger partial charge is 0.495 e. The van der Waals surface area contributed by atoms with Crippen LogP contribution in [0.4, 0.5) is 16.2 Å². The molecule has 0 radical (unpaired) electrons. The second kappa shape index (κ2) is 9.27. The van der Waals surface area contributed by atoms with Gasteiger partial charge in [0.25, 0.3) is 5.91 Å². The second-order valence-electron chi connectivity index (χ2n) is 6.74. The summed E-state index contributed by atoms with van der Waals surface area (Å²) in [7, 11) is 1.62. The molecule has 1 fully saturated rings. The number of aryl methyl sites for hydroxylation is 1. The molecule has 0 unspecified atom stereocenters. The summed E-state index contributed by atoms with van der Waals surface area (Å²) >= 11 is 0. The average molecular weight is 398 g/mol. The van der Waals surface area contributed by atoms with Gasteiger partial charge in [0, 0.05) is 38.1 Å². The molecule has 1 aliphatic rings. The van der Waals surface area contributed by atoms with E-state index in [-0.39, 0.29) is 12.0 Å². The Labute approximate surface area is 170 Å². The summed E-state index contributed by atoms with van der Waals surface area (Å²) in [4.78, 5) is 32.2. The van der Waals surface area contributed by atoms with Crippen molar-refractivity contribution < 1.29 is 19.1 Å². The number of hydrogen-bond acceptors (Lipinski definition) is 6. The van der Waals surface area contributed by atoms with Crippen LogP contribution in [0.15, 0.2) is 36.5 Å². The summed E-state index contributed by atoms with van der Waals surface area (Å²) in [6, 6.07) is 9.38. The number of anilines is 2. The molecule has 29 heavy (non-hydrogen) atoms. The van der Waals surface area contributed by atoms with Crippen molar-refractivity contribution in [3.05, 3.63) is 47.8 Å². The third-order valence-electron chi connectivity index (χ3n) is 4.71. The molecule has 0 aliphatic carbocycles. The Morgan fingerprint density at radius 1 is 1.10 bits per heavy atom. The van der Waals surface area contributed by atoms with E-state index in [1.54, 1.807) is 42.2 Å². The summed E-state index contributed by atoms with van der Waals surface area (Å²) in [6.07, 6.45) is 1.27. The fraction of sp³-hybridized carbons (Fsp3) is 0.381. The molecule has 0 atom stereocenters. The Kier molecular flexibility index (Phi) is 6.54. The van der Waals surface area contributed by atoms with Crippen LogP contribution in [0.3, 0.4) is 0 Å². The number of pyridine rings is 1. The van der Waals surface area contributed by atoms with Gasteiger partial charge in [-0.2, -0.15) is 0 Å². The first kappa shape index (κ1) is 20.4. The molecule has 1 saturated heterocycles. The standard InChI is InChI=1S/C21H26N4O4/c1-4-29-21(27)25-11-9-24(10-12-25)20(26)18-14-16(7-8-22-18)23-17-13-15(2)5-6-19(17)28-3/h5-8,13-14H,4,9-12H2,1-3H3,(H,22,23). The van der Waals surface area contributed by atoms with Crippen LogP contribution in [0.5, 0.6) is 5.75 Å². The first-order chi connectivity index (χ1) is 14.0. The normalized spacial score (nSPS) is 13.8. The number of nitrogens with zero attached hydrogens (tertiary/aromatic N) is 3. The number of ether oxygens (including phenoxy) is 2. The zero-order valence-electron chi connectivity index (χ0n) is 17.0. The summed E-state index contributed by atoms with van der Waals surface area (Å²) in [5, 5.41) is 3.29. The number of nitrogens with one attached hydrogen (secondary N) is 1. The van der Waals surface area contributed by atoms with Crippen molar-refractivity contribution in [2.75, 3.05) is 45.2 Å². The van der Waals surface area contributed by atoms with Gasteiger partial charge in [0.1, 0.15) is 11.4 Å². The maximum atomic E-state index is 12.9. The van der Waals surface area contributed by atoms with Gasteiger partial charge in [-0.25, -0.2) is 4.79 Å². The lowest BCUT2D eigenvalue weighted by Gasteiger charge is -2.33. The van der Waals surface area contributed by atoms with E-state index >= 15 is 0 Å². The molecule has 1 N–H and O–H groups in total.